The van der Waals surface area contributed by atoms with Crippen LogP contribution in [0.15, 0.2) is 59.3 Å². The number of aryl methyl sites for hydroxylation is 1. The fraction of sp³-hybridized carbons (Fsp3) is 0.200. The van der Waals surface area contributed by atoms with E-state index in [0.29, 0.717) is 16.4 Å². The van der Waals surface area contributed by atoms with E-state index in [1.165, 1.54) is 5.56 Å². The highest BCUT2D eigenvalue weighted by atomic mass is 35.5. The van der Waals surface area contributed by atoms with Crippen LogP contribution >= 0.6 is 23.2 Å². The van der Waals surface area contributed by atoms with E-state index >= 15 is 0 Å². The fourth-order valence-electron chi connectivity index (χ4n) is 2.75. The van der Waals surface area contributed by atoms with Crippen molar-refractivity contribution in [3.8, 4) is 0 Å². The van der Waals surface area contributed by atoms with Gasteiger partial charge in [-0.2, -0.15) is 0 Å². The number of rotatable bonds is 6. The van der Waals surface area contributed by atoms with Gasteiger partial charge in [0, 0.05) is 10.7 Å². The maximum absolute atomic E-state index is 12.7. The van der Waals surface area contributed by atoms with Gasteiger partial charge in [-0.05, 0) is 48.7 Å². The quantitative estimate of drug-likeness (QED) is 0.698. The molecule has 1 N–H and O–H groups in total. The van der Waals surface area contributed by atoms with Crippen molar-refractivity contribution in [3.63, 3.8) is 0 Å². The maximum atomic E-state index is 12.7. The van der Waals surface area contributed by atoms with Gasteiger partial charge in [0.15, 0.2) is 0 Å². The van der Waals surface area contributed by atoms with Gasteiger partial charge in [-0.15, -0.1) is 0 Å². The zero-order valence-electron chi connectivity index (χ0n) is 14.3. The van der Waals surface area contributed by atoms with Crippen LogP contribution in [0.3, 0.4) is 0 Å². The van der Waals surface area contributed by atoms with Crippen LogP contribution in [0.5, 0.6) is 0 Å². The van der Waals surface area contributed by atoms with Gasteiger partial charge in [0.1, 0.15) is 10.7 Å². The minimum Gasteiger partial charge on any atom is -0.350 e. The first-order valence-electron chi connectivity index (χ1n) is 8.41. The number of anilines is 2. The molecular formula is C20H18Cl2N2O2. The van der Waals surface area contributed by atoms with Gasteiger partial charge in [0.2, 0.25) is 0 Å². The lowest BCUT2D eigenvalue weighted by atomic mass is 10.1. The lowest BCUT2D eigenvalue weighted by Crippen LogP contribution is -2.32. The molecule has 0 saturated carbocycles. The Morgan fingerprint density at radius 2 is 1.73 bits per heavy atom. The summed E-state index contributed by atoms with van der Waals surface area (Å²) in [5.41, 5.74) is 2.31. The van der Waals surface area contributed by atoms with Gasteiger partial charge in [-0.3, -0.25) is 9.59 Å². The topological polar surface area (TPSA) is 49.4 Å². The van der Waals surface area contributed by atoms with Gasteiger partial charge >= 0.3 is 0 Å². The van der Waals surface area contributed by atoms with Crippen LogP contribution in [0.1, 0.15) is 25.3 Å². The Balaban J connectivity index is 1.81. The van der Waals surface area contributed by atoms with Crippen LogP contribution in [-0.2, 0) is 16.0 Å². The highest BCUT2D eigenvalue weighted by molar-refractivity contribution is 6.53. The highest BCUT2D eigenvalue weighted by Crippen LogP contribution is 2.30. The average Bonchev–Trinajstić information content (AvgIpc) is 2.84. The predicted molar refractivity (Wildman–Crippen MR) is 106 cm³/mol. The van der Waals surface area contributed by atoms with Crippen molar-refractivity contribution >= 4 is 46.4 Å². The summed E-state index contributed by atoms with van der Waals surface area (Å²) in [7, 11) is 0. The summed E-state index contributed by atoms with van der Waals surface area (Å²) in [6.07, 6.45) is 3.18. The molecule has 0 bridgehead atoms. The first-order valence-corrected chi connectivity index (χ1v) is 9.17. The van der Waals surface area contributed by atoms with Gasteiger partial charge in [0.05, 0.1) is 5.69 Å². The summed E-state index contributed by atoms with van der Waals surface area (Å²) in [5.74, 6) is -1.02. The van der Waals surface area contributed by atoms with E-state index in [-0.39, 0.29) is 10.7 Å². The molecule has 26 heavy (non-hydrogen) atoms. The summed E-state index contributed by atoms with van der Waals surface area (Å²) in [5, 5.41) is 3.28. The highest BCUT2D eigenvalue weighted by Gasteiger charge is 2.38. The number of nitrogens with zero attached hydrogens (tertiary/aromatic N) is 1. The van der Waals surface area contributed by atoms with Crippen LogP contribution in [0.25, 0.3) is 0 Å². The van der Waals surface area contributed by atoms with E-state index in [1.807, 2.05) is 12.1 Å². The van der Waals surface area contributed by atoms with Gasteiger partial charge in [0.25, 0.3) is 11.8 Å². The molecule has 0 aliphatic carbocycles. The molecule has 0 fully saturated rings. The van der Waals surface area contributed by atoms with Crippen LogP contribution in [0, 0.1) is 0 Å². The first-order chi connectivity index (χ1) is 12.5. The standard InChI is InChI=1S/C20H18Cl2N2O2/c1-2-3-5-13-8-10-16(11-9-13)24-19(25)17(22)18(20(24)26)23-15-7-4-6-14(21)12-15/h4,6-12,23H,2-3,5H2,1H3. The molecule has 2 aromatic rings. The molecule has 134 valence electrons. The lowest BCUT2D eigenvalue weighted by molar-refractivity contribution is -0.120. The normalized spacial score (nSPS) is 14.3. The monoisotopic (exact) mass is 388 g/mol. The van der Waals surface area contributed by atoms with Crippen LogP contribution in [0.4, 0.5) is 11.4 Å². The minimum absolute atomic E-state index is 0.0500. The second-order valence-electron chi connectivity index (χ2n) is 6.04. The third kappa shape index (κ3) is 3.76. The molecule has 1 aliphatic heterocycles. The molecule has 6 heteroatoms. The SMILES string of the molecule is CCCCc1ccc(N2C(=O)C(Cl)=C(Nc3cccc(Cl)c3)C2=O)cc1. The molecule has 1 aliphatic rings. The molecular weight excluding hydrogens is 371 g/mol. The third-order valence-electron chi connectivity index (χ3n) is 4.13. The number of halogens is 2. The van der Waals surface area contributed by atoms with Crippen molar-refractivity contribution < 1.29 is 9.59 Å². The number of benzene rings is 2. The number of unbranched alkanes of at least 4 members (excludes halogenated alkanes) is 1. The summed E-state index contributed by atoms with van der Waals surface area (Å²) < 4.78 is 0. The molecule has 3 rings (SSSR count). The van der Waals surface area contributed by atoms with Crippen molar-refractivity contribution in [2.75, 3.05) is 10.2 Å². The lowest BCUT2D eigenvalue weighted by Gasteiger charge is -2.15. The van der Waals surface area contributed by atoms with E-state index in [4.69, 9.17) is 23.2 Å². The first kappa shape index (κ1) is 18.5. The van der Waals surface area contributed by atoms with E-state index in [9.17, 15) is 9.59 Å². The Hall–Kier alpha value is -2.30. The molecule has 4 nitrogen and oxygen atoms in total. The number of imide groups is 1. The van der Waals surface area contributed by atoms with E-state index in [1.54, 1.807) is 36.4 Å². The number of nitrogens with one attached hydrogen (secondary N) is 1. The Morgan fingerprint density at radius 3 is 2.38 bits per heavy atom. The average molecular weight is 389 g/mol. The summed E-state index contributed by atoms with van der Waals surface area (Å²) in [6, 6.07) is 14.3. The summed E-state index contributed by atoms with van der Waals surface area (Å²) in [4.78, 5) is 26.3. The molecule has 2 amide bonds. The van der Waals surface area contributed by atoms with E-state index in [0.717, 1.165) is 24.2 Å². The van der Waals surface area contributed by atoms with Gasteiger partial charge in [-0.1, -0.05) is 54.7 Å². The zero-order valence-corrected chi connectivity index (χ0v) is 15.8. The number of carbonyl (C=O) groups excluding carboxylic acids is 2. The molecule has 0 radical (unpaired) electrons. The number of hydrogen-bond acceptors (Lipinski definition) is 3. The van der Waals surface area contributed by atoms with E-state index < -0.39 is 11.8 Å². The van der Waals surface area contributed by atoms with Crippen molar-refractivity contribution in [1.82, 2.24) is 0 Å². The molecule has 1 heterocycles. The Kier molecular flexibility index (Phi) is 5.64. The molecule has 2 aromatic carbocycles. The van der Waals surface area contributed by atoms with Gasteiger partial charge < -0.3 is 5.32 Å². The van der Waals surface area contributed by atoms with Crippen LogP contribution in [0.2, 0.25) is 5.02 Å². The Bertz CT molecular complexity index is 876. The van der Waals surface area contributed by atoms with E-state index in [2.05, 4.69) is 12.2 Å². The fourth-order valence-corrected chi connectivity index (χ4v) is 3.15. The second kappa shape index (κ2) is 7.94. The second-order valence-corrected chi connectivity index (χ2v) is 6.85. The van der Waals surface area contributed by atoms with Crippen LogP contribution < -0.4 is 10.2 Å². The minimum atomic E-state index is -0.539. The van der Waals surface area contributed by atoms with Gasteiger partial charge in [-0.25, -0.2) is 4.90 Å². The predicted octanol–water partition coefficient (Wildman–Crippen LogP) is 5.12. The Labute approximate surface area is 162 Å². The third-order valence-corrected chi connectivity index (χ3v) is 4.72. The van der Waals surface area contributed by atoms with Crippen molar-refractivity contribution in [2.45, 2.75) is 26.2 Å². The maximum Gasteiger partial charge on any atom is 0.283 e. The van der Waals surface area contributed by atoms with Crippen LogP contribution in [-0.4, -0.2) is 11.8 Å². The summed E-state index contributed by atoms with van der Waals surface area (Å²) in [6.45, 7) is 2.14. The molecule has 0 atom stereocenters. The number of hydrogen-bond donors (Lipinski definition) is 1. The van der Waals surface area contributed by atoms with Crippen molar-refractivity contribution in [2.24, 2.45) is 0 Å². The smallest absolute Gasteiger partial charge is 0.283 e. The molecule has 0 unspecified atom stereocenters. The Morgan fingerprint density at radius 1 is 1.00 bits per heavy atom. The molecule has 0 aromatic heterocycles. The largest absolute Gasteiger partial charge is 0.350 e. The number of amides is 2. The molecule has 0 saturated heterocycles. The number of carbonyl (C=O) groups is 2. The van der Waals surface area contributed by atoms with Crippen molar-refractivity contribution in [1.29, 1.82) is 0 Å². The van der Waals surface area contributed by atoms with Crippen molar-refractivity contribution in [3.05, 3.63) is 69.8 Å². The zero-order chi connectivity index (χ0) is 18.7. The molecule has 0 spiro atoms. The summed E-state index contributed by atoms with van der Waals surface area (Å²) >= 11 is 12.1.